The number of ether oxygens (including phenoxy) is 1. The summed E-state index contributed by atoms with van der Waals surface area (Å²) in [7, 11) is 0. The van der Waals surface area contributed by atoms with Crippen LogP contribution in [0, 0.1) is 0 Å². The highest BCUT2D eigenvalue weighted by Gasteiger charge is 2.14. The Morgan fingerprint density at radius 1 is 1.10 bits per heavy atom. The van der Waals surface area contributed by atoms with Gasteiger partial charge >= 0.3 is 0 Å². The molecule has 0 saturated heterocycles. The van der Waals surface area contributed by atoms with Crippen LogP contribution in [0.2, 0.25) is 0 Å². The minimum Gasteiger partial charge on any atom is -0.485 e. The Kier molecular flexibility index (Phi) is 4.32. The summed E-state index contributed by atoms with van der Waals surface area (Å²) in [5.74, 6) is 0.563. The second-order valence-electron chi connectivity index (χ2n) is 6.11. The van der Waals surface area contributed by atoms with E-state index in [0.717, 1.165) is 0 Å². The van der Waals surface area contributed by atoms with Crippen LogP contribution >= 0.6 is 0 Å². The third-order valence-corrected chi connectivity index (χ3v) is 3.30. The predicted octanol–water partition coefficient (Wildman–Crippen LogP) is 3.83. The monoisotopic (exact) mass is 283 g/mol. The lowest BCUT2D eigenvalue weighted by atomic mass is 9.86. The zero-order valence-electron chi connectivity index (χ0n) is 12.7. The average Bonchev–Trinajstić information content (AvgIpc) is 2.44. The van der Waals surface area contributed by atoms with Crippen LogP contribution in [0.3, 0.4) is 0 Å². The van der Waals surface area contributed by atoms with E-state index in [2.05, 4.69) is 20.8 Å². The van der Waals surface area contributed by atoms with Crippen molar-refractivity contribution in [1.29, 1.82) is 0 Å². The number of ketones is 1. The molecule has 3 heteroatoms. The number of Topliss-reactive ketones (excluding diaryl/α,β-unsaturated/α-hetero) is 1. The number of benzene rings is 2. The van der Waals surface area contributed by atoms with Crippen molar-refractivity contribution in [3.05, 3.63) is 59.7 Å². The normalized spacial score (nSPS) is 11.2. The fourth-order valence-corrected chi connectivity index (χ4v) is 1.99. The van der Waals surface area contributed by atoms with Gasteiger partial charge in [0.2, 0.25) is 0 Å². The summed E-state index contributed by atoms with van der Waals surface area (Å²) in [4.78, 5) is 12.1. The quantitative estimate of drug-likeness (QED) is 0.685. The van der Waals surface area contributed by atoms with Crippen LogP contribution in [0.5, 0.6) is 5.75 Å². The number of anilines is 1. The molecule has 0 unspecified atom stereocenters. The van der Waals surface area contributed by atoms with Gasteiger partial charge in [-0.05, 0) is 23.1 Å². The zero-order valence-corrected chi connectivity index (χ0v) is 12.7. The summed E-state index contributed by atoms with van der Waals surface area (Å²) in [6.07, 6.45) is 0. The second kappa shape index (κ2) is 6.00. The van der Waals surface area contributed by atoms with Crippen LogP contribution in [-0.2, 0) is 5.41 Å². The van der Waals surface area contributed by atoms with Crippen LogP contribution in [-0.4, -0.2) is 12.4 Å². The molecule has 0 aliphatic carbocycles. The van der Waals surface area contributed by atoms with Gasteiger partial charge in [0, 0.05) is 17.3 Å². The molecule has 2 aromatic rings. The van der Waals surface area contributed by atoms with E-state index in [1.54, 1.807) is 24.3 Å². The van der Waals surface area contributed by atoms with E-state index in [1.807, 2.05) is 24.3 Å². The third-order valence-electron chi connectivity index (χ3n) is 3.30. The maximum absolute atomic E-state index is 12.1. The van der Waals surface area contributed by atoms with Crippen LogP contribution in [0.25, 0.3) is 0 Å². The second-order valence-corrected chi connectivity index (χ2v) is 6.11. The number of carbonyl (C=O) groups excluding carboxylic acids is 1. The first-order valence-electron chi connectivity index (χ1n) is 6.98. The molecule has 110 valence electrons. The van der Waals surface area contributed by atoms with Gasteiger partial charge in [-0.25, -0.2) is 0 Å². The Morgan fingerprint density at radius 2 is 1.76 bits per heavy atom. The van der Waals surface area contributed by atoms with Gasteiger partial charge in [-0.1, -0.05) is 51.1 Å². The fraction of sp³-hybridized carbons (Fsp3) is 0.278. The van der Waals surface area contributed by atoms with E-state index in [0.29, 0.717) is 17.0 Å². The van der Waals surface area contributed by atoms with Gasteiger partial charge in [0.15, 0.2) is 12.4 Å². The molecular formula is C18H21NO2. The Balaban J connectivity index is 2.00. The molecule has 0 radical (unpaired) electrons. The SMILES string of the molecule is CC(C)(C)c1ccc(C(=O)COc2cccc(N)c2)cc1. The molecule has 0 aliphatic rings. The molecule has 0 spiro atoms. The van der Waals surface area contributed by atoms with Crippen molar-refractivity contribution >= 4 is 11.5 Å². The number of hydrogen-bond donors (Lipinski definition) is 1. The van der Waals surface area contributed by atoms with E-state index in [4.69, 9.17) is 10.5 Å². The van der Waals surface area contributed by atoms with Crippen molar-refractivity contribution < 1.29 is 9.53 Å². The van der Waals surface area contributed by atoms with Crippen molar-refractivity contribution in [1.82, 2.24) is 0 Å². The summed E-state index contributed by atoms with van der Waals surface area (Å²) in [5.41, 5.74) is 8.24. The molecule has 0 atom stereocenters. The molecule has 2 rings (SSSR count). The van der Waals surface area contributed by atoms with Gasteiger partial charge < -0.3 is 10.5 Å². The Hall–Kier alpha value is -2.29. The van der Waals surface area contributed by atoms with E-state index in [-0.39, 0.29) is 17.8 Å². The number of carbonyl (C=O) groups is 1. The molecule has 0 amide bonds. The number of nitrogen functional groups attached to an aromatic ring is 1. The highest BCUT2D eigenvalue weighted by molar-refractivity contribution is 5.97. The summed E-state index contributed by atoms with van der Waals surface area (Å²) in [6, 6.07) is 14.8. The van der Waals surface area contributed by atoms with Gasteiger partial charge in [-0.2, -0.15) is 0 Å². The molecule has 0 aliphatic heterocycles. The van der Waals surface area contributed by atoms with E-state index < -0.39 is 0 Å². The first-order chi connectivity index (χ1) is 9.86. The lowest BCUT2D eigenvalue weighted by Gasteiger charge is -2.19. The first-order valence-corrected chi connectivity index (χ1v) is 6.98. The highest BCUT2D eigenvalue weighted by Crippen LogP contribution is 2.22. The fourth-order valence-electron chi connectivity index (χ4n) is 1.99. The average molecular weight is 283 g/mol. The van der Waals surface area contributed by atoms with E-state index in [9.17, 15) is 4.79 Å². The molecule has 0 fully saturated rings. The standard InChI is InChI=1S/C18H21NO2/c1-18(2,3)14-9-7-13(8-10-14)17(20)12-21-16-6-4-5-15(19)11-16/h4-11H,12,19H2,1-3H3. The minimum absolute atomic E-state index is 0.0122. The van der Waals surface area contributed by atoms with Gasteiger partial charge in [-0.15, -0.1) is 0 Å². The van der Waals surface area contributed by atoms with Crippen LogP contribution in [0.1, 0.15) is 36.7 Å². The van der Waals surface area contributed by atoms with Crippen LogP contribution in [0.15, 0.2) is 48.5 Å². The number of rotatable bonds is 4. The van der Waals surface area contributed by atoms with Crippen molar-refractivity contribution in [2.45, 2.75) is 26.2 Å². The number of hydrogen-bond acceptors (Lipinski definition) is 3. The molecule has 3 nitrogen and oxygen atoms in total. The molecule has 0 aromatic heterocycles. The molecule has 0 bridgehead atoms. The van der Waals surface area contributed by atoms with Crippen molar-refractivity contribution in [2.75, 3.05) is 12.3 Å². The maximum atomic E-state index is 12.1. The lowest BCUT2D eigenvalue weighted by molar-refractivity contribution is 0.0921. The largest absolute Gasteiger partial charge is 0.485 e. The predicted molar refractivity (Wildman–Crippen MR) is 85.8 cm³/mol. The van der Waals surface area contributed by atoms with Crippen molar-refractivity contribution in [2.24, 2.45) is 0 Å². The lowest BCUT2D eigenvalue weighted by Crippen LogP contribution is -2.14. The molecule has 0 heterocycles. The summed E-state index contributed by atoms with van der Waals surface area (Å²) < 4.78 is 5.47. The molecule has 0 saturated carbocycles. The number of nitrogens with two attached hydrogens (primary N) is 1. The van der Waals surface area contributed by atoms with E-state index in [1.165, 1.54) is 5.56 Å². The summed E-state index contributed by atoms with van der Waals surface area (Å²) in [5, 5.41) is 0. The van der Waals surface area contributed by atoms with E-state index >= 15 is 0 Å². The van der Waals surface area contributed by atoms with Crippen molar-refractivity contribution in [3.63, 3.8) is 0 Å². The third kappa shape index (κ3) is 4.09. The van der Waals surface area contributed by atoms with Crippen LogP contribution in [0.4, 0.5) is 5.69 Å². The van der Waals surface area contributed by atoms with Crippen molar-refractivity contribution in [3.8, 4) is 5.75 Å². The topological polar surface area (TPSA) is 52.3 Å². The molecule has 21 heavy (non-hydrogen) atoms. The maximum Gasteiger partial charge on any atom is 0.200 e. The highest BCUT2D eigenvalue weighted by atomic mass is 16.5. The summed E-state index contributed by atoms with van der Waals surface area (Å²) in [6.45, 7) is 6.45. The molecule has 2 N–H and O–H groups in total. The first kappa shape index (κ1) is 15.1. The van der Waals surface area contributed by atoms with Gasteiger partial charge in [0.1, 0.15) is 5.75 Å². The Morgan fingerprint density at radius 3 is 2.33 bits per heavy atom. The minimum atomic E-state index is -0.0436. The zero-order chi connectivity index (χ0) is 15.5. The van der Waals surface area contributed by atoms with Gasteiger partial charge in [0.05, 0.1) is 0 Å². The molecular weight excluding hydrogens is 262 g/mol. The Bertz CT molecular complexity index is 624. The summed E-state index contributed by atoms with van der Waals surface area (Å²) >= 11 is 0. The Labute approximate surface area is 125 Å². The van der Waals surface area contributed by atoms with Crippen LogP contribution < -0.4 is 10.5 Å². The smallest absolute Gasteiger partial charge is 0.200 e. The molecule has 2 aromatic carbocycles. The van der Waals surface area contributed by atoms with Gasteiger partial charge in [-0.3, -0.25) is 4.79 Å². The van der Waals surface area contributed by atoms with Gasteiger partial charge in [0.25, 0.3) is 0 Å².